The standard InChI is InChI=1S/C11H16N2O2/c1-3-6-12-11(14)9(2)13-8-10-5-4-7-15-10/h3-5,7,9,13H,1,6,8H2,2H3,(H,12,14)/p+1/t9-/m0/s1. The number of nitrogens with two attached hydrogens (primary N) is 1. The zero-order valence-electron chi connectivity index (χ0n) is 8.90. The number of hydrogen-bond acceptors (Lipinski definition) is 2. The van der Waals surface area contributed by atoms with E-state index < -0.39 is 0 Å². The highest BCUT2D eigenvalue weighted by molar-refractivity contribution is 5.79. The van der Waals surface area contributed by atoms with Gasteiger partial charge in [0.2, 0.25) is 0 Å². The van der Waals surface area contributed by atoms with Crippen LogP contribution in [0.2, 0.25) is 0 Å². The zero-order chi connectivity index (χ0) is 11.1. The SMILES string of the molecule is C=CCNC(=O)[C@H](C)[NH2+]Cc1ccco1. The van der Waals surface area contributed by atoms with E-state index in [4.69, 9.17) is 4.42 Å². The smallest absolute Gasteiger partial charge is 0.278 e. The van der Waals surface area contributed by atoms with Crippen molar-refractivity contribution in [2.45, 2.75) is 19.5 Å². The molecule has 0 unspecified atom stereocenters. The molecule has 0 aliphatic carbocycles. The molecule has 1 amide bonds. The van der Waals surface area contributed by atoms with Gasteiger partial charge in [0.25, 0.3) is 5.91 Å². The lowest BCUT2D eigenvalue weighted by atomic mass is 10.3. The van der Waals surface area contributed by atoms with Gasteiger partial charge in [0.05, 0.1) is 6.26 Å². The molecule has 4 nitrogen and oxygen atoms in total. The summed E-state index contributed by atoms with van der Waals surface area (Å²) in [4.78, 5) is 11.4. The number of amides is 1. The van der Waals surface area contributed by atoms with Crippen LogP contribution in [0.5, 0.6) is 0 Å². The average Bonchev–Trinajstić information content (AvgIpc) is 2.75. The van der Waals surface area contributed by atoms with Gasteiger partial charge in [-0.1, -0.05) is 6.08 Å². The summed E-state index contributed by atoms with van der Waals surface area (Å²) in [5, 5.41) is 4.67. The molecular formula is C11H17N2O2+. The van der Waals surface area contributed by atoms with Crippen LogP contribution in [0, 0.1) is 0 Å². The van der Waals surface area contributed by atoms with Crippen molar-refractivity contribution in [3.63, 3.8) is 0 Å². The van der Waals surface area contributed by atoms with Crippen molar-refractivity contribution in [3.8, 4) is 0 Å². The number of nitrogens with one attached hydrogen (secondary N) is 1. The highest BCUT2D eigenvalue weighted by atomic mass is 16.3. The van der Waals surface area contributed by atoms with Gasteiger partial charge in [-0.2, -0.15) is 0 Å². The van der Waals surface area contributed by atoms with Crippen LogP contribution in [-0.4, -0.2) is 18.5 Å². The Bertz CT molecular complexity index is 306. The molecule has 0 bridgehead atoms. The predicted octanol–water partition coefficient (Wildman–Crippen LogP) is 0.0337. The molecule has 0 aromatic carbocycles. The zero-order valence-corrected chi connectivity index (χ0v) is 8.90. The van der Waals surface area contributed by atoms with Crippen LogP contribution in [0.15, 0.2) is 35.5 Å². The Morgan fingerprint density at radius 2 is 2.60 bits per heavy atom. The molecule has 3 N–H and O–H groups in total. The van der Waals surface area contributed by atoms with Gasteiger partial charge < -0.3 is 15.1 Å². The van der Waals surface area contributed by atoms with Crippen molar-refractivity contribution in [2.75, 3.05) is 6.54 Å². The molecule has 0 saturated carbocycles. The van der Waals surface area contributed by atoms with Crippen LogP contribution in [0.1, 0.15) is 12.7 Å². The number of furan rings is 1. The minimum Gasteiger partial charge on any atom is -0.463 e. The first-order chi connectivity index (χ1) is 7.24. The van der Waals surface area contributed by atoms with Crippen LogP contribution in [-0.2, 0) is 11.3 Å². The monoisotopic (exact) mass is 209 g/mol. The van der Waals surface area contributed by atoms with Crippen molar-refractivity contribution in [1.29, 1.82) is 0 Å². The Morgan fingerprint density at radius 3 is 3.20 bits per heavy atom. The number of hydrogen-bond donors (Lipinski definition) is 2. The highest BCUT2D eigenvalue weighted by Gasteiger charge is 2.14. The lowest BCUT2D eigenvalue weighted by molar-refractivity contribution is -0.690. The van der Waals surface area contributed by atoms with E-state index in [0.29, 0.717) is 13.1 Å². The third-order valence-electron chi connectivity index (χ3n) is 2.09. The van der Waals surface area contributed by atoms with Gasteiger partial charge in [0.1, 0.15) is 6.54 Å². The number of quaternary nitrogens is 1. The van der Waals surface area contributed by atoms with Crippen LogP contribution < -0.4 is 10.6 Å². The van der Waals surface area contributed by atoms with Gasteiger partial charge in [0, 0.05) is 6.54 Å². The van der Waals surface area contributed by atoms with Crippen LogP contribution in [0.4, 0.5) is 0 Å². The summed E-state index contributed by atoms with van der Waals surface area (Å²) in [6.45, 7) is 6.59. The molecule has 4 heteroatoms. The molecule has 1 aromatic rings. The molecule has 0 saturated heterocycles. The third kappa shape index (κ3) is 3.99. The van der Waals surface area contributed by atoms with Gasteiger partial charge in [-0.3, -0.25) is 4.79 Å². The van der Waals surface area contributed by atoms with E-state index in [-0.39, 0.29) is 11.9 Å². The van der Waals surface area contributed by atoms with Crippen LogP contribution >= 0.6 is 0 Å². The second-order valence-electron chi connectivity index (χ2n) is 3.34. The van der Waals surface area contributed by atoms with Crippen molar-refractivity contribution in [2.24, 2.45) is 0 Å². The highest BCUT2D eigenvalue weighted by Crippen LogP contribution is 1.95. The van der Waals surface area contributed by atoms with E-state index in [1.165, 1.54) is 0 Å². The van der Waals surface area contributed by atoms with E-state index in [2.05, 4.69) is 11.9 Å². The van der Waals surface area contributed by atoms with E-state index in [9.17, 15) is 4.79 Å². The largest absolute Gasteiger partial charge is 0.463 e. The Kier molecular flexibility index (Phi) is 4.63. The van der Waals surface area contributed by atoms with Gasteiger partial charge in [-0.05, 0) is 19.1 Å². The molecule has 0 aliphatic heterocycles. The van der Waals surface area contributed by atoms with Crippen molar-refractivity contribution in [1.82, 2.24) is 5.32 Å². The quantitative estimate of drug-likeness (QED) is 0.650. The molecule has 0 spiro atoms. The maximum Gasteiger partial charge on any atom is 0.278 e. The third-order valence-corrected chi connectivity index (χ3v) is 2.09. The summed E-state index contributed by atoms with van der Waals surface area (Å²) >= 11 is 0. The molecule has 0 aliphatic rings. The normalized spacial score (nSPS) is 12.1. The molecule has 1 atom stereocenters. The molecule has 0 radical (unpaired) electrons. The molecule has 15 heavy (non-hydrogen) atoms. The van der Waals surface area contributed by atoms with E-state index >= 15 is 0 Å². The Labute approximate surface area is 89.4 Å². The first kappa shape index (κ1) is 11.5. The summed E-state index contributed by atoms with van der Waals surface area (Å²) < 4.78 is 5.17. The fourth-order valence-electron chi connectivity index (χ4n) is 1.16. The van der Waals surface area contributed by atoms with Crippen LogP contribution in [0.3, 0.4) is 0 Å². The van der Waals surface area contributed by atoms with Gasteiger partial charge >= 0.3 is 0 Å². The fraction of sp³-hybridized carbons (Fsp3) is 0.364. The average molecular weight is 209 g/mol. The Balaban J connectivity index is 2.26. The minimum atomic E-state index is -0.116. The second-order valence-corrected chi connectivity index (χ2v) is 3.34. The van der Waals surface area contributed by atoms with Crippen molar-refractivity contribution < 1.29 is 14.5 Å². The first-order valence-electron chi connectivity index (χ1n) is 4.98. The topological polar surface area (TPSA) is 58.9 Å². The lowest BCUT2D eigenvalue weighted by Crippen LogP contribution is -2.90. The summed E-state index contributed by atoms with van der Waals surface area (Å²) in [5.41, 5.74) is 0. The fourth-order valence-corrected chi connectivity index (χ4v) is 1.16. The van der Waals surface area contributed by atoms with E-state index in [0.717, 1.165) is 5.76 Å². The molecule has 1 heterocycles. The number of carbonyl (C=O) groups is 1. The maximum atomic E-state index is 11.4. The maximum absolute atomic E-state index is 11.4. The molecule has 1 aromatic heterocycles. The Hall–Kier alpha value is -1.55. The van der Waals surface area contributed by atoms with Crippen molar-refractivity contribution >= 4 is 5.91 Å². The molecule has 1 rings (SSSR count). The van der Waals surface area contributed by atoms with Gasteiger partial charge in [-0.15, -0.1) is 6.58 Å². The van der Waals surface area contributed by atoms with Crippen molar-refractivity contribution in [3.05, 3.63) is 36.8 Å². The molecule has 82 valence electrons. The van der Waals surface area contributed by atoms with Crippen LogP contribution in [0.25, 0.3) is 0 Å². The molecule has 0 fully saturated rings. The summed E-state index contributed by atoms with van der Waals surface area (Å²) in [6, 6.07) is 3.62. The summed E-state index contributed by atoms with van der Waals surface area (Å²) in [6.07, 6.45) is 3.29. The first-order valence-corrected chi connectivity index (χ1v) is 4.98. The predicted molar refractivity (Wildman–Crippen MR) is 57.0 cm³/mol. The second kappa shape index (κ2) is 6.03. The Morgan fingerprint density at radius 1 is 1.80 bits per heavy atom. The lowest BCUT2D eigenvalue weighted by Gasteiger charge is -2.08. The van der Waals surface area contributed by atoms with Gasteiger partial charge in [-0.25, -0.2) is 0 Å². The summed E-state index contributed by atoms with van der Waals surface area (Å²) in [7, 11) is 0. The van der Waals surface area contributed by atoms with E-state index in [1.54, 1.807) is 12.3 Å². The number of carbonyl (C=O) groups excluding carboxylic acids is 1. The summed E-state index contributed by atoms with van der Waals surface area (Å²) in [5.74, 6) is 0.889. The van der Waals surface area contributed by atoms with Gasteiger partial charge in [0.15, 0.2) is 11.8 Å². The van der Waals surface area contributed by atoms with E-state index in [1.807, 2.05) is 24.4 Å². The minimum absolute atomic E-state index is 0.0152. The number of rotatable bonds is 6. The molecular weight excluding hydrogens is 192 g/mol.